The van der Waals surface area contributed by atoms with Gasteiger partial charge < -0.3 is 10.0 Å². The Balaban J connectivity index is 2.19. The number of nitrogens with zero attached hydrogens (tertiary/aromatic N) is 3. The lowest BCUT2D eigenvalue weighted by Crippen LogP contribution is -2.27. The number of alkyl halides is 3. The average molecular weight is 303 g/mol. The van der Waals surface area contributed by atoms with Crippen molar-refractivity contribution in [1.82, 2.24) is 14.9 Å². The number of halogens is 3. The van der Waals surface area contributed by atoms with E-state index in [0.29, 0.717) is 0 Å². The minimum Gasteiger partial charge on any atom is -0.481 e. The van der Waals surface area contributed by atoms with Gasteiger partial charge in [0.05, 0.1) is 12.5 Å². The summed E-state index contributed by atoms with van der Waals surface area (Å²) in [5, 5.41) is 8.85. The number of carboxylic acids is 1. The molecule has 21 heavy (non-hydrogen) atoms. The van der Waals surface area contributed by atoms with Gasteiger partial charge in [0, 0.05) is 18.7 Å². The predicted molar refractivity (Wildman–Crippen MR) is 62.9 cm³/mol. The Morgan fingerprint density at radius 1 is 1.48 bits per heavy atom. The van der Waals surface area contributed by atoms with Crippen LogP contribution in [0, 0.1) is 12.8 Å². The minimum absolute atomic E-state index is 0.0488. The van der Waals surface area contributed by atoms with E-state index in [1.165, 1.54) is 6.92 Å². The van der Waals surface area contributed by atoms with Gasteiger partial charge in [-0.25, -0.2) is 9.97 Å². The molecule has 2 heterocycles. The van der Waals surface area contributed by atoms with Crippen LogP contribution in [0.1, 0.15) is 23.6 Å². The van der Waals surface area contributed by atoms with Crippen LogP contribution in [0.3, 0.4) is 0 Å². The summed E-state index contributed by atoms with van der Waals surface area (Å²) in [6.45, 7) is 1.12. The number of aliphatic carboxylic acids is 1. The minimum atomic E-state index is -4.60. The Morgan fingerprint density at radius 3 is 2.67 bits per heavy atom. The number of hydrogen-bond acceptors (Lipinski definition) is 4. The maximum absolute atomic E-state index is 12.7. The van der Waals surface area contributed by atoms with Crippen molar-refractivity contribution in [3.8, 4) is 0 Å². The van der Waals surface area contributed by atoms with Crippen LogP contribution in [0.4, 0.5) is 13.2 Å². The second-order valence-corrected chi connectivity index (χ2v) is 4.82. The molecule has 1 aromatic heterocycles. The van der Waals surface area contributed by atoms with Crippen molar-refractivity contribution in [1.29, 1.82) is 0 Å². The highest BCUT2D eigenvalue weighted by Gasteiger charge is 2.36. The van der Waals surface area contributed by atoms with Crippen LogP contribution in [-0.4, -0.2) is 38.4 Å². The summed E-state index contributed by atoms with van der Waals surface area (Å²) in [7, 11) is 0. The van der Waals surface area contributed by atoms with Gasteiger partial charge in [-0.05, 0) is 13.0 Å². The maximum atomic E-state index is 12.7. The molecular formula is C12H12F3N3O3. The molecule has 114 valence electrons. The molecule has 6 nitrogen and oxygen atoms in total. The Hall–Kier alpha value is -2.19. The molecule has 1 atom stereocenters. The van der Waals surface area contributed by atoms with Crippen molar-refractivity contribution in [3.63, 3.8) is 0 Å². The molecule has 1 saturated heterocycles. The molecule has 0 bridgehead atoms. The number of aromatic nitrogens is 2. The predicted octanol–water partition coefficient (Wildman–Crippen LogP) is 1.24. The van der Waals surface area contributed by atoms with E-state index in [1.54, 1.807) is 0 Å². The highest BCUT2D eigenvalue weighted by molar-refractivity contribution is 5.85. The summed E-state index contributed by atoms with van der Waals surface area (Å²) < 4.78 is 38.0. The fourth-order valence-electron chi connectivity index (χ4n) is 2.11. The van der Waals surface area contributed by atoms with Crippen LogP contribution < -0.4 is 0 Å². The number of carbonyl (C=O) groups is 2. The second-order valence-electron chi connectivity index (χ2n) is 4.82. The van der Waals surface area contributed by atoms with Crippen LogP contribution in [0.2, 0.25) is 0 Å². The molecule has 0 aliphatic carbocycles. The Bertz CT molecular complexity index is 589. The molecule has 2 rings (SSSR count). The molecule has 1 aliphatic heterocycles. The lowest BCUT2D eigenvalue weighted by atomic mass is 10.1. The zero-order chi connectivity index (χ0) is 15.8. The summed E-state index contributed by atoms with van der Waals surface area (Å²) in [6, 6.07) is 0.815. The maximum Gasteiger partial charge on any atom is 0.433 e. The first-order valence-electron chi connectivity index (χ1n) is 6.09. The van der Waals surface area contributed by atoms with Crippen LogP contribution >= 0.6 is 0 Å². The molecule has 0 spiro atoms. The van der Waals surface area contributed by atoms with Gasteiger partial charge in [0.1, 0.15) is 11.5 Å². The van der Waals surface area contributed by atoms with Crippen molar-refractivity contribution in [3.05, 3.63) is 23.3 Å². The first-order valence-corrected chi connectivity index (χ1v) is 6.09. The van der Waals surface area contributed by atoms with Crippen molar-refractivity contribution in [2.75, 3.05) is 6.54 Å². The van der Waals surface area contributed by atoms with E-state index in [0.717, 1.165) is 11.0 Å². The molecule has 1 fully saturated rings. The molecular weight excluding hydrogens is 291 g/mol. The number of rotatable bonds is 3. The van der Waals surface area contributed by atoms with Gasteiger partial charge in [-0.15, -0.1) is 0 Å². The SMILES string of the molecule is Cc1cc(C(F)(F)F)nc(CN2C[C@H](C(=O)O)CC2=O)n1. The van der Waals surface area contributed by atoms with Crippen LogP contribution in [0.5, 0.6) is 0 Å². The second kappa shape index (κ2) is 5.30. The first-order chi connectivity index (χ1) is 9.66. The highest BCUT2D eigenvalue weighted by Crippen LogP contribution is 2.28. The van der Waals surface area contributed by atoms with Crippen molar-refractivity contribution < 1.29 is 27.9 Å². The zero-order valence-corrected chi connectivity index (χ0v) is 11.0. The summed E-state index contributed by atoms with van der Waals surface area (Å²) in [5.41, 5.74) is -0.944. The molecule has 1 amide bonds. The molecule has 0 aromatic carbocycles. The van der Waals surface area contributed by atoms with Gasteiger partial charge >= 0.3 is 12.1 Å². The van der Waals surface area contributed by atoms with Crippen molar-refractivity contribution >= 4 is 11.9 Å². The molecule has 0 saturated carbocycles. The average Bonchev–Trinajstić information content (AvgIpc) is 2.69. The molecule has 1 N–H and O–H groups in total. The topological polar surface area (TPSA) is 83.4 Å². The van der Waals surface area contributed by atoms with Crippen LogP contribution in [0.25, 0.3) is 0 Å². The Kier molecular flexibility index (Phi) is 3.84. The smallest absolute Gasteiger partial charge is 0.433 e. The van der Waals surface area contributed by atoms with Gasteiger partial charge in [0.15, 0.2) is 0 Å². The van der Waals surface area contributed by atoms with Gasteiger partial charge in [-0.1, -0.05) is 0 Å². The van der Waals surface area contributed by atoms with E-state index >= 15 is 0 Å². The van der Waals surface area contributed by atoms with E-state index in [2.05, 4.69) is 9.97 Å². The molecule has 1 aliphatic rings. The summed E-state index contributed by atoms with van der Waals surface area (Å²) >= 11 is 0. The van der Waals surface area contributed by atoms with E-state index in [4.69, 9.17) is 5.11 Å². The van der Waals surface area contributed by atoms with Crippen LogP contribution in [-0.2, 0) is 22.3 Å². The van der Waals surface area contributed by atoms with Crippen molar-refractivity contribution in [2.24, 2.45) is 5.92 Å². The third-order valence-corrected chi connectivity index (χ3v) is 3.09. The fourth-order valence-corrected chi connectivity index (χ4v) is 2.11. The quantitative estimate of drug-likeness (QED) is 0.908. The van der Waals surface area contributed by atoms with E-state index in [1.807, 2.05) is 0 Å². The number of hydrogen-bond donors (Lipinski definition) is 1. The molecule has 0 unspecified atom stereocenters. The van der Waals surface area contributed by atoms with E-state index < -0.39 is 29.7 Å². The number of carboxylic acid groups (broad SMARTS) is 1. The number of aryl methyl sites for hydroxylation is 1. The number of likely N-dealkylation sites (tertiary alicyclic amines) is 1. The van der Waals surface area contributed by atoms with Crippen molar-refractivity contribution in [2.45, 2.75) is 26.1 Å². The van der Waals surface area contributed by atoms with Crippen LogP contribution in [0.15, 0.2) is 6.07 Å². The Labute approximate surface area is 117 Å². The van der Waals surface area contributed by atoms with Gasteiger partial charge in [0.2, 0.25) is 5.91 Å². The molecule has 9 heteroatoms. The molecule has 0 radical (unpaired) electrons. The lowest BCUT2D eigenvalue weighted by molar-refractivity contribution is -0.142. The fraction of sp³-hybridized carbons (Fsp3) is 0.500. The summed E-state index contributed by atoms with van der Waals surface area (Å²) in [5.74, 6) is -2.53. The first kappa shape index (κ1) is 15.2. The third-order valence-electron chi connectivity index (χ3n) is 3.09. The zero-order valence-electron chi connectivity index (χ0n) is 11.0. The number of amides is 1. The Morgan fingerprint density at radius 2 is 2.14 bits per heavy atom. The summed E-state index contributed by atoms with van der Waals surface area (Å²) in [6.07, 6.45) is -4.76. The third kappa shape index (κ3) is 3.47. The monoisotopic (exact) mass is 303 g/mol. The van der Waals surface area contributed by atoms with Gasteiger partial charge in [-0.2, -0.15) is 13.2 Å². The van der Waals surface area contributed by atoms with Gasteiger partial charge in [0.25, 0.3) is 0 Å². The van der Waals surface area contributed by atoms with E-state index in [9.17, 15) is 22.8 Å². The number of carbonyl (C=O) groups excluding carboxylic acids is 1. The highest BCUT2D eigenvalue weighted by atomic mass is 19.4. The lowest BCUT2D eigenvalue weighted by Gasteiger charge is -2.16. The largest absolute Gasteiger partial charge is 0.481 e. The van der Waals surface area contributed by atoms with E-state index in [-0.39, 0.29) is 31.0 Å². The molecule has 1 aromatic rings. The van der Waals surface area contributed by atoms with Gasteiger partial charge in [-0.3, -0.25) is 9.59 Å². The standard InChI is InChI=1S/C12H12F3N3O3/c1-6-2-8(12(13,14)15)17-9(16-6)5-18-4-7(11(20)21)3-10(18)19/h2,7H,3-5H2,1H3,(H,20,21)/t7-/m1/s1. The summed E-state index contributed by atoms with van der Waals surface area (Å²) in [4.78, 5) is 30.9. The normalized spacial score (nSPS) is 19.1.